The molecule has 19 heavy (non-hydrogen) atoms. The molecule has 1 aromatic rings. The largest absolute Gasteiger partial charge is 0.489 e. The predicted molar refractivity (Wildman–Crippen MR) is 78.1 cm³/mol. The van der Waals surface area contributed by atoms with Gasteiger partial charge in [-0.1, -0.05) is 11.6 Å². The molecule has 0 aliphatic carbocycles. The molecule has 2 unspecified atom stereocenters. The topological polar surface area (TPSA) is 30.5 Å². The Morgan fingerprint density at radius 2 is 2.37 bits per heavy atom. The van der Waals surface area contributed by atoms with E-state index in [9.17, 15) is 0 Å². The maximum Gasteiger partial charge on any atom is 0.122 e. The van der Waals surface area contributed by atoms with Gasteiger partial charge in [0, 0.05) is 24.7 Å². The number of hydrogen-bond acceptors (Lipinski definition) is 3. The number of halogens is 1. The minimum atomic E-state index is 0.126. The molecule has 0 spiro atoms. The molecule has 2 rings (SSSR count). The molecule has 0 radical (unpaired) electrons. The van der Waals surface area contributed by atoms with E-state index in [0.717, 1.165) is 36.0 Å². The molecule has 0 aromatic heterocycles. The van der Waals surface area contributed by atoms with Gasteiger partial charge in [0.2, 0.25) is 0 Å². The maximum absolute atomic E-state index is 5.93. The van der Waals surface area contributed by atoms with Crippen molar-refractivity contribution in [2.24, 2.45) is 0 Å². The fourth-order valence-corrected chi connectivity index (χ4v) is 2.48. The number of benzene rings is 1. The number of rotatable bonds is 6. The van der Waals surface area contributed by atoms with Crippen molar-refractivity contribution < 1.29 is 9.47 Å². The Kier molecular flexibility index (Phi) is 5.49. The van der Waals surface area contributed by atoms with Crippen LogP contribution in [0, 0.1) is 6.92 Å². The Balaban J connectivity index is 1.72. The normalized spacial score (nSPS) is 20.5. The van der Waals surface area contributed by atoms with Gasteiger partial charge in [-0.2, -0.15) is 0 Å². The van der Waals surface area contributed by atoms with Crippen molar-refractivity contribution in [3.63, 3.8) is 0 Å². The minimum Gasteiger partial charge on any atom is -0.489 e. The monoisotopic (exact) mass is 283 g/mol. The van der Waals surface area contributed by atoms with E-state index in [1.54, 1.807) is 0 Å². The van der Waals surface area contributed by atoms with Crippen LogP contribution in [0.25, 0.3) is 0 Å². The van der Waals surface area contributed by atoms with Crippen LogP contribution in [0.15, 0.2) is 18.2 Å². The molecule has 1 aromatic carbocycles. The average Bonchev–Trinajstić information content (AvgIpc) is 2.86. The summed E-state index contributed by atoms with van der Waals surface area (Å²) in [5, 5.41) is 4.15. The molecule has 1 saturated heterocycles. The second-order valence-electron chi connectivity index (χ2n) is 5.13. The summed E-state index contributed by atoms with van der Waals surface area (Å²) in [7, 11) is 0. The van der Waals surface area contributed by atoms with Gasteiger partial charge in [0.1, 0.15) is 11.9 Å². The van der Waals surface area contributed by atoms with Crippen molar-refractivity contribution in [2.45, 2.75) is 38.9 Å². The lowest BCUT2D eigenvalue weighted by Gasteiger charge is -2.18. The van der Waals surface area contributed by atoms with E-state index < -0.39 is 0 Å². The summed E-state index contributed by atoms with van der Waals surface area (Å²) in [4.78, 5) is 0. The highest BCUT2D eigenvalue weighted by atomic mass is 35.5. The van der Waals surface area contributed by atoms with Gasteiger partial charge in [0.15, 0.2) is 0 Å². The van der Waals surface area contributed by atoms with Gasteiger partial charge in [-0.15, -0.1) is 0 Å². The van der Waals surface area contributed by atoms with Gasteiger partial charge < -0.3 is 14.8 Å². The van der Waals surface area contributed by atoms with Crippen LogP contribution in [0.1, 0.15) is 25.3 Å². The summed E-state index contributed by atoms with van der Waals surface area (Å²) < 4.78 is 11.5. The van der Waals surface area contributed by atoms with Gasteiger partial charge in [0.05, 0.1) is 6.10 Å². The van der Waals surface area contributed by atoms with E-state index in [1.807, 2.05) is 25.1 Å². The van der Waals surface area contributed by atoms with Crippen molar-refractivity contribution in [3.05, 3.63) is 28.8 Å². The molecular formula is C15H22ClNO2. The zero-order chi connectivity index (χ0) is 13.7. The fraction of sp³-hybridized carbons (Fsp3) is 0.600. The average molecular weight is 284 g/mol. The number of hydrogen-bond donors (Lipinski definition) is 1. The number of ether oxygens (including phenoxy) is 2. The second kappa shape index (κ2) is 7.13. The van der Waals surface area contributed by atoms with E-state index in [-0.39, 0.29) is 6.10 Å². The fourth-order valence-electron chi connectivity index (χ4n) is 2.26. The Morgan fingerprint density at radius 1 is 1.53 bits per heavy atom. The van der Waals surface area contributed by atoms with Crippen molar-refractivity contribution >= 4 is 11.6 Å². The first-order valence-electron chi connectivity index (χ1n) is 6.90. The van der Waals surface area contributed by atoms with Crippen LogP contribution in [0.4, 0.5) is 0 Å². The zero-order valence-corrected chi connectivity index (χ0v) is 12.4. The third-order valence-corrected chi connectivity index (χ3v) is 3.53. The maximum atomic E-state index is 5.93. The molecule has 1 aliphatic rings. The summed E-state index contributed by atoms with van der Waals surface area (Å²) in [5.74, 6) is 0.899. The van der Waals surface area contributed by atoms with Crippen molar-refractivity contribution in [1.29, 1.82) is 0 Å². The van der Waals surface area contributed by atoms with Crippen molar-refractivity contribution in [2.75, 3.05) is 19.7 Å². The summed E-state index contributed by atoms with van der Waals surface area (Å²) in [6.07, 6.45) is 2.85. The molecule has 0 amide bonds. The second-order valence-corrected chi connectivity index (χ2v) is 5.57. The molecule has 3 nitrogen and oxygen atoms in total. The lowest BCUT2D eigenvalue weighted by molar-refractivity contribution is 0.106. The van der Waals surface area contributed by atoms with E-state index in [1.165, 1.54) is 12.8 Å². The molecule has 4 heteroatoms. The number of aryl methyl sites for hydroxylation is 1. The minimum absolute atomic E-state index is 0.126. The van der Waals surface area contributed by atoms with E-state index in [4.69, 9.17) is 21.1 Å². The SMILES string of the molecule is Cc1cc(Cl)ccc1OC(C)CNCC1CCCO1. The molecule has 106 valence electrons. The van der Waals surface area contributed by atoms with Gasteiger partial charge in [-0.25, -0.2) is 0 Å². The smallest absolute Gasteiger partial charge is 0.122 e. The Hall–Kier alpha value is -0.770. The highest BCUT2D eigenvalue weighted by Gasteiger charge is 2.15. The van der Waals surface area contributed by atoms with Crippen LogP contribution < -0.4 is 10.1 Å². The van der Waals surface area contributed by atoms with Crippen LogP contribution in [0.5, 0.6) is 5.75 Å². The molecule has 1 aliphatic heterocycles. The molecule has 1 heterocycles. The predicted octanol–water partition coefficient (Wildman–Crippen LogP) is 3.18. The van der Waals surface area contributed by atoms with Crippen molar-refractivity contribution in [1.82, 2.24) is 5.32 Å². The Bertz CT molecular complexity index is 405. The van der Waals surface area contributed by atoms with Crippen LogP contribution in [0.2, 0.25) is 5.02 Å². The van der Waals surface area contributed by atoms with E-state index >= 15 is 0 Å². The zero-order valence-electron chi connectivity index (χ0n) is 11.6. The molecule has 0 saturated carbocycles. The number of nitrogens with one attached hydrogen (secondary N) is 1. The van der Waals surface area contributed by atoms with Crippen LogP contribution in [0.3, 0.4) is 0 Å². The van der Waals surface area contributed by atoms with E-state index in [2.05, 4.69) is 12.2 Å². The lowest BCUT2D eigenvalue weighted by atomic mass is 10.2. The summed E-state index contributed by atoms with van der Waals surface area (Å²) in [6, 6.07) is 5.70. The van der Waals surface area contributed by atoms with Crippen LogP contribution in [-0.2, 0) is 4.74 Å². The Labute approximate surface area is 120 Å². The van der Waals surface area contributed by atoms with Crippen LogP contribution in [-0.4, -0.2) is 31.9 Å². The van der Waals surface area contributed by atoms with Gasteiger partial charge in [-0.3, -0.25) is 0 Å². The van der Waals surface area contributed by atoms with Gasteiger partial charge >= 0.3 is 0 Å². The highest BCUT2D eigenvalue weighted by Crippen LogP contribution is 2.22. The molecule has 1 fully saturated rings. The summed E-state index contributed by atoms with van der Waals surface area (Å²) in [6.45, 7) is 6.71. The van der Waals surface area contributed by atoms with Gasteiger partial charge in [-0.05, 0) is 50.5 Å². The highest BCUT2D eigenvalue weighted by molar-refractivity contribution is 6.30. The quantitative estimate of drug-likeness (QED) is 0.870. The molecule has 1 N–H and O–H groups in total. The summed E-state index contributed by atoms with van der Waals surface area (Å²) in [5.41, 5.74) is 1.07. The molecule has 2 atom stereocenters. The third-order valence-electron chi connectivity index (χ3n) is 3.29. The standard InChI is InChI=1S/C15H22ClNO2/c1-11-8-13(16)5-6-15(11)19-12(2)9-17-10-14-4-3-7-18-14/h5-6,8,12,14,17H,3-4,7,9-10H2,1-2H3. The lowest BCUT2D eigenvalue weighted by Crippen LogP contribution is -2.34. The van der Waals surface area contributed by atoms with E-state index in [0.29, 0.717) is 6.10 Å². The molecular weight excluding hydrogens is 262 g/mol. The molecule has 0 bridgehead atoms. The Morgan fingerprint density at radius 3 is 3.05 bits per heavy atom. The first-order chi connectivity index (χ1) is 9.15. The first kappa shape index (κ1) is 14.6. The first-order valence-corrected chi connectivity index (χ1v) is 7.28. The summed E-state index contributed by atoms with van der Waals surface area (Å²) >= 11 is 5.93. The van der Waals surface area contributed by atoms with Gasteiger partial charge in [0.25, 0.3) is 0 Å². The third kappa shape index (κ3) is 4.68. The van der Waals surface area contributed by atoms with Crippen LogP contribution >= 0.6 is 11.6 Å². The van der Waals surface area contributed by atoms with Crippen molar-refractivity contribution in [3.8, 4) is 5.75 Å².